The largest absolute Gasteiger partial charge is 0.386 e. The van der Waals surface area contributed by atoms with Crippen molar-refractivity contribution in [2.45, 2.75) is 91.9 Å². The molecule has 4 aliphatic carbocycles. The SMILES string of the molecule is CCCC1C(CC)CCC2C1CCC1(C)C(C(=O)CN=NN=C(C)N)CC(C3CC3)C21. The molecule has 0 aromatic carbocycles. The van der Waals surface area contributed by atoms with Crippen LogP contribution < -0.4 is 5.73 Å². The summed E-state index contributed by atoms with van der Waals surface area (Å²) in [5.41, 5.74) is 5.68. The zero-order valence-electron chi connectivity index (χ0n) is 20.2. The summed E-state index contributed by atoms with van der Waals surface area (Å²) in [7, 11) is 0. The molecule has 4 fully saturated rings. The second-order valence-corrected chi connectivity index (χ2v) is 11.5. The molecule has 5 nitrogen and oxygen atoms in total. The van der Waals surface area contributed by atoms with Crippen LogP contribution in [0.15, 0.2) is 15.4 Å². The maximum absolute atomic E-state index is 13.3. The number of hydrogen-bond donors (Lipinski definition) is 1. The molecule has 0 aromatic rings. The van der Waals surface area contributed by atoms with Crippen molar-refractivity contribution in [2.75, 3.05) is 6.54 Å². The maximum Gasteiger partial charge on any atom is 0.159 e. The summed E-state index contributed by atoms with van der Waals surface area (Å²) < 4.78 is 0. The van der Waals surface area contributed by atoms with Crippen LogP contribution in [0.2, 0.25) is 0 Å². The number of Topliss-reactive ketones (excluding diaryl/α,β-unsaturated/α-hetero) is 1. The van der Waals surface area contributed by atoms with Gasteiger partial charge in [0.25, 0.3) is 0 Å². The van der Waals surface area contributed by atoms with E-state index in [2.05, 4.69) is 36.2 Å². The minimum atomic E-state index is 0.152. The van der Waals surface area contributed by atoms with Crippen LogP contribution >= 0.6 is 0 Å². The number of hydrogen-bond acceptors (Lipinski definition) is 3. The van der Waals surface area contributed by atoms with Crippen molar-refractivity contribution in [3.8, 4) is 0 Å². The Balaban J connectivity index is 1.56. The van der Waals surface area contributed by atoms with E-state index in [-0.39, 0.29) is 23.7 Å². The molecule has 5 heteroatoms. The van der Waals surface area contributed by atoms with Gasteiger partial charge in [-0.2, -0.15) is 5.11 Å². The summed E-state index contributed by atoms with van der Waals surface area (Å²) in [6.45, 7) is 9.08. The molecule has 31 heavy (non-hydrogen) atoms. The number of fused-ring (bicyclic) bond motifs is 3. The van der Waals surface area contributed by atoms with Gasteiger partial charge in [0.15, 0.2) is 5.78 Å². The molecule has 0 amide bonds. The van der Waals surface area contributed by atoms with Gasteiger partial charge in [0.1, 0.15) is 12.4 Å². The van der Waals surface area contributed by atoms with Crippen molar-refractivity contribution in [1.29, 1.82) is 0 Å². The van der Waals surface area contributed by atoms with E-state index < -0.39 is 0 Å². The number of nitrogens with two attached hydrogens (primary N) is 1. The third kappa shape index (κ3) is 4.35. The van der Waals surface area contributed by atoms with Crippen LogP contribution in [0, 0.1) is 52.8 Å². The van der Waals surface area contributed by atoms with E-state index in [0.717, 1.165) is 47.8 Å². The van der Waals surface area contributed by atoms with E-state index in [1.54, 1.807) is 6.92 Å². The van der Waals surface area contributed by atoms with Gasteiger partial charge in [-0.25, -0.2) is 0 Å². The molecular weight excluding hydrogens is 384 g/mol. The molecular formula is C26H44N4O. The van der Waals surface area contributed by atoms with Gasteiger partial charge in [-0.1, -0.05) is 40.0 Å². The van der Waals surface area contributed by atoms with Crippen molar-refractivity contribution in [2.24, 2.45) is 73.9 Å². The van der Waals surface area contributed by atoms with E-state index in [9.17, 15) is 4.79 Å². The first-order valence-electron chi connectivity index (χ1n) is 13.1. The lowest BCUT2D eigenvalue weighted by atomic mass is 9.49. The minimum absolute atomic E-state index is 0.152. The number of amidine groups is 1. The Labute approximate surface area is 189 Å². The average Bonchev–Trinajstić information content (AvgIpc) is 3.53. The summed E-state index contributed by atoms with van der Waals surface area (Å²) >= 11 is 0. The van der Waals surface area contributed by atoms with Crippen molar-refractivity contribution in [3.63, 3.8) is 0 Å². The van der Waals surface area contributed by atoms with Gasteiger partial charge in [-0.15, -0.1) is 5.10 Å². The third-order valence-corrected chi connectivity index (χ3v) is 9.84. The lowest BCUT2D eigenvalue weighted by Gasteiger charge is -2.55. The van der Waals surface area contributed by atoms with E-state index in [1.165, 1.54) is 57.8 Å². The summed E-state index contributed by atoms with van der Waals surface area (Å²) in [4.78, 5) is 13.3. The molecule has 4 rings (SSSR count). The number of ketones is 1. The Kier molecular flexibility index (Phi) is 6.88. The molecule has 0 spiro atoms. The van der Waals surface area contributed by atoms with Gasteiger partial charge in [-0.3, -0.25) is 4.79 Å². The number of carbonyl (C=O) groups excluding carboxylic acids is 1. The lowest BCUT2D eigenvalue weighted by molar-refractivity contribution is -0.129. The zero-order chi connectivity index (χ0) is 22.2. The van der Waals surface area contributed by atoms with Gasteiger partial charge in [0.05, 0.1) is 0 Å². The van der Waals surface area contributed by atoms with Crippen molar-refractivity contribution in [3.05, 3.63) is 0 Å². The summed E-state index contributed by atoms with van der Waals surface area (Å²) in [5.74, 6) is 6.77. The summed E-state index contributed by atoms with van der Waals surface area (Å²) in [6.07, 6.45) is 13.3. The second-order valence-electron chi connectivity index (χ2n) is 11.5. The molecule has 4 saturated carbocycles. The van der Waals surface area contributed by atoms with Gasteiger partial charge >= 0.3 is 0 Å². The predicted octanol–water partition coefficient (Wildman–Crippen LogP) is 6.23. The Bertz CT molecular complexity index is 710. The first kappa shape index (κ1) is 22.9. The molecule has 0 heterocycles. The topological polar surface area (TPSA) is 80.2 Å². The monoisotopic (exact) mass is 428 g/mol. The van der Waals surface area contributed by atoms with E-state index >= 15 is 0 Å². The van der Waals surface area contributed by atoms with E-state index in [4.69, 9.17) is 5.73 Å². The fourth-order valence-corrected chi connectivity index (χ4v) is 8.52. The molecule has 0 bridgehead atoms. The van der Waals surface area contributed by atoms with Crippen LogP contribution in [0.3, 0.4) is 0 Å². The maximum atomic E-state index is 13.3. The average molecular weight is 429 g/mol. The Morgan fingerprint density at radius 3 is 2.48 bits per heavy atom. The zero-order valence-corrected chi connectivity index (χ0v) is 20.2. The van der Waals surface area contributed by atoms with Crippen molar-refractivity contribution in [1.82, 2.24) is 0 Å². The molecule has 8 unspecified atom stereocenters. The third-order valence-electron chi connectivity index (χ3n) is 9.84. The first-order valence-corrected chi connectivity index (χ1v) is 13.1. The smallest absolute Gasteiger partial charge is 0.159 e. The fourth-order valence-electron chi connectivity index (χ4n) is 8.52. The standard InChI is InChI=1S/C26H44N4O/c1-5-7-19-17(6-2)10-11-21-20(19)12-13-26(4)23(14-22(25(21)26)18-8-9-18)24(31)15-28-30-29-16(3)27/h17-23,25H,5-15H2,1-4H3,(H2,27,28,29). The summed E-state index contributed by atoms with van der Waals surface area (Å²) in [5, 5.41) is 11.6. The first-order chi connectivity index (χ1) is 14.9. The Hall–Kier alpha value is -1.26. The Morgan fingerprint density at radius 2 is 1.84 bits per heavy atom. The number of nitrogens with zero attached hydrogens (tertiary/aromatic N) is 3. The quantitative estimate of drug-likeness (QED) is 0.215. The highest BCUT2D eigenvalue weighted by Crippen LogP contribution is 2.68. The molecule has 0 saturated heterocycles. The Morgan fingerprint density at radius 1 is 1.06 bits per heavy atom. The van der Waals surface area contributed by atoms with Crippen molar-refractivity contribution < 1.29 is 4.79 Å². The van der Waals surface area contributed by atoms with E-state index in [0.29, 0.717) is 5.84 Å². The van der Waals surface area contributed by atoms with Crippen LogP contribution in [0.1, 0.15) is 91.9 Å². The molecule has 4 aliphatic rings. The molecule has 0 radical (unpaired) electrons. The highest BCUT2D eigenvalue weighted by molar-refractivity contribution is 5.84. The highest BCUT2D eigenvalue weighted by Gasteiger charge is 2.63. The van der Waals surface area contributed by atoms with Gasteiger partial charge in [0, 0.05) is 5.92 Å². The second kappa shape index (κ2) is 9.31. The molecule has 8 atom stereocenters. The minimum Gasteiger partial charge on any atom is -0.386 e. The summed E-state index contributed by atoms with van der Waals surface area (Å²) in [6, 6.07) is 0. The lowest BCUT2D eigenvalue weighted by Crippen LogP contribution is -2.49. The van der Waals surface area contributed by atoms with Gasteiger partial charge in [0.2, 0.25) is 0 Å². The fraction of sp³-hybridized carbons (Fsp3) is 0.923. The van der Waals surface area contributed by atoms with Crippen molar-refractivity contribution >= 4 is 11.6 Å². The van der Waals surface area contributed by atoms with Gasteiger partial charge in [-0.05, 0) is 104 Å². The normalized spacial score (nSPS) is 43.1. The molecule has 2 N–H and O–H groups in total. The molecule has 0 aromatic heterocycles. The van der Waals surface area contributed by atoms with Crippen LogP contribution in [-0.2, 0) is 4.79 Å². The predicted molar refractivity (Wildman–Crippen MR) is 126 cm³/mol. The van der Waals surface area contributed by atoms with Crippen LogP contribution in [0.4, 0.5) is 0 Å². The van der Waals surface area contributed by atoms with Crippen LogP contribution in [0.25, 0.3) is 0 Å². The van der Waals surface area contributed by atoms with Crippen LogP contribution in [-0.4, -0.2) is 18.2 Å². The molecule has 174 valence electrons. The highest BCUT2D eigenvalue weighted by atomic mass is 16.1. The van der Waals surface area contributed by atoms with E-state index in [1.807, 2.05) is 0 Å². The van der Waals surface area contributed by atoms with Gasteiger partial charge < -0.3 is 5.73 Å². The van der Waals surface area contributed by atoms with Crippen LogP contribution in [0.5, 0.6) is 0 Å². The molecule has 0 aliphatic heterocycles. The number of rotatable bonds is 8. The number of carbonyl (C=O) groups is 1.